The van der Waals surface area contributed by atoms with Crippen molar-refractivity contribution in [3.8, 4) is 0 Å². The summed E-state index contributed by atoms with van der Waals surface area (Å²) in [5.41, 5.74) is -0.390. The van der Waals surface area contributed by atoms with E-state index in [1.54, 1.807) is 11.9 Å². The second-order valence-electron chi connectivity index (χ2n) is 7.57. The van der Waals surface area contributed by atoms with Crippen LogP contribution in [-0.2, 0) is 14.3 Å². The number of morpholine rings is 1. The molecule has 3 aliphatic rings. The number of nitrogens with zero attached hydrogens (tertiary/aromatic N) is 3. The highest BCUT2D eigenvalue weighted by Gasteiger charge is 2.46. The smallest absolute Gasteiger partial charge is 0.410 e. The van der Waals surface area contributed by atoms with E-state index >= 15 is 0 Å². The first-order valence-electron chi connectivity index (χ1n) is 8.96. The fraction of sp³-hybridized carbons (Fsp3) is 0.882. The van der Waals surface area contributed by atoms with Gasteiger partial charge in [-0.1, -0.05) is 0 Å². The van der Waals surface area contributed by atoms with Gasteiger partial charge < -0.3 is 19.3 Å². The van der Waals surface area contributed by atoms with Crippen LogP contribution in [0.1, 0.15) is 33.1 Å². The second-order valence-corrected chi connectivity index (χ2v) is 7.57. The Morgan fingerprint density at radius 1 is 1.29 bits per heavy atom. The molecule has 0 aromatic rings. The van der Waals surface area contributed by atoms with Crippen LogP contribution in [0.4, 0.5) is 4.79 Å². The molecular formula is C17H29N3O4. The highest BCUT2D eigenvalue weighted by Crippen LogP contribution is 2.32. The quantitative estimate of drug-likeness (QED) is 0.765. The van der Waals surface area contributed by atoms with Crippen molar-refractivity contribution in [2.45, 2.75) is 50.9 Å². The zero-order valence-electron chi connectivity index (χ0n) is 15.0. The molecule has 0 aliphatic carbocycles. The Balaban J connectivity index is 1.48. The third-order valence-corrected chi connectivity index (χ3v) is 5.47. The number of ether oxygens (including phenoxy) is 2. The molecule has 0 aromatic carbocycles. The van der Waals surface area contributed by atoms with Crippen molar-refractivity contribution in [1.82, 2.24) is 14.7 Å². The van der Waals surface area contributed by atoms with Gasteiger partial charge in [0.2, 0.25) is 5.91 Å². The van der Waals surface area contributed by atoms with Crippen LogP contribution in [0.15, 0.2) is 0 Å². The zero-order valence-corrected chi connectivity index (χ0v) is 15.0. The summed E-state index contributed by atoms with van der Waals surface area (Å²) in [6.07, 6.45) is 1.62. The summed E-state index contributed by atoms with van der Waals surface area (Å²) in [5, 5.41) is 0. The summed E-state index contributed by atoms with van der Waals surface area (Å²) in [5.74, 6) is 0.151. The highest BCUT2D eigenvalue weighted by atomic mass is 16.6. The molecule has 7 heteroatoms. The largest absolute Gasteiger partial charge is 0.441 e. The minimum Gasteiger partial charge on any atom is -0.441 e. The Hall–Kier alpha value is -1.34. The number of likely N-dealkylation sites (N-methyl/N-ethyl adjacent to an activating group) is 1. The number of hydrogen-bond acceptors (Lipinski definition) is 5. The molecule has 1 spiro atoms. The summed E-state index contributed by atoms with van der Waals surface area (Å²) in [4.78, 5) is 30.1. The van der Waals surface area contributed by atoms with Crippen molar-refractivity contribution in [1.29, 1.82) is 0 Å². The SMILES string of the molecule is CC(C)N1CCO[C@H](CC(=O)N2CCC3(CC2)CN(C)C(=O)O3)C1. The van der Waals surface area contributed by atoms with Crippen LogP contribution < -0.4 is 0 Å². The van der Waals surface area contributed by atoms with E-state index in [4.69, 9.17) is 9.47 Å². The highest BCUT2D eigenvalue weighted by molar-refractivity contribution is 5.77. The van der Waals surface area contributed by atoms with Gasteiger partial charge in [-0.05, 0) is 13.8 Å². The van der Waals surface area contributed by atoms with Gasteiger partial charge in [0, 0.05) is 52.1 Å². The number of amides is 2. The summed E-state index contributed by atoms with van der Waals surface area (Å²) in [6, 6.07) is 0.482. The molecule has 136 valence electrons. The number of hydrogen-bond donors (Lipinski definition) is 0. The molecule has 0 radical (unpaired) electrons. The molecule has 1 atom stereocenters. The molecule has 3 heterocycles. The standard InChI is InChI=1S/C17H29N3O4/c1-13(2)20-8-9-23-14(11-20)10-15(21)19-6-4-17(5-7-19)12-18(3)16(22)24-17/h13-14H,4-12H2,1-3H3/t14-/m1/s1. The van der Waals surface area contributed by atoms with Gasteiger partial charge in [0.25, 0.3) is 0 Å². The van der Waals surface area contributed by atoms with Crippen molar-refractivity contribution < 1.29 is 19.1 Å². The Labute approximate surface area is 143 Å². The van der Waals surface area contributed by atoms with Crippen molar-refractivity contribution in [3.63, 3.8) is 0 Å². The van der Waals surface area contributed by atoms with Crippen LogP contribution >= 0.6 is 0 Å². The lowest BCUT2D eigenvalue weighted by Gasteiger charge is -2.39. The van der Waals surface area contributed by atoms with Gasteiger partial charge in [0.15, 0.2) is 0 Å². The molecule has 7 nitrogen and oxygen atoms in total. The van der Waals surface area contributed by atoms with E-state index < -0.39 is 5.60 Å². The first-order valence-corrected chi connectivity index (χ1v) is 8.96. The van der Waals surface area contributed by atoms with Crippen molar-refractivity contribution in [2.24, 2.45) is 0 Å². The molecule has 3 saturated heterocycles. The number of piperidine rings is 1. The lowest BCUT2D eigenvalue weighted by Crippen LogP contribution is -2.51. The van der Waals surface area contributed by atoms with Gasteiger partial charge in [-0.2, -0.15) is 0 Å². The predicted molar refractivity (Wildman–Crippen MR) is 88.7 cm³/mol. The number of carbonyl (C=O) groups is 2. The fourth-order valence-corrected chi connectivity index (χ4v) is 3.87. The molecule has 0 bridgehead atoms. The average Bonchev–Trinajstić information content (AvgIpc) is 2.82. The van der Waals surface area contributed by atoms with Crippen molar-refractivity contribution >= 4 is 12.0 Å². The van der Waals surface area contributed by atoms with E-state index in [0.717, 1.165) is 25.9 Å². The summed E-state index contributed by atoms with van der Waals surface area (Å²) in [6.45, 7) is 8.74. The van der Waals surface area contributed by atoms with Crippen LogP contribution in [0.3, 0.4) is 0 Å². The molecule has 24 heavy (non-hydrogen) atoms. The lowest BCUT2D eigenvalue weighted by molar-refractivity contribution is -0.139. The summed E-state index contributed by atoms with van der Waals surface area (Å²) in [7, 11) is 1.76. The Bertz CT molecular complexity index is 488. The molecule has 2 amide bonds. The second kappa shape index (κ2) is 6.88. The van der Waals surface area contributed by atoms with Crippen LogP contribution in [0.25, 0.3) is 0 Å². The Morgan fingerprint density at radius 2 is 2.00 bits per heavy atom. The average molecular weight is 339 g/mol. The van der Waals surface area contributed by atoms with Gasteiger partial charge in [-0.15, -0.1) is 0 Å². The van der Waals surface area contributed by atoms with E-state index in [-0.39, 0.29) is 18.1 Å². The first-order chi connectivity index (χ1) is 11.4. The predicted octanol–water partition coefficient (Wildman–Crippen LogP) is 0.929. The van der Waals surface area contributed by atoms with E-state index in [9.17, 15) is 9.59 Å². The molecule has 3 rings (SSSR count). The van der Waals surface area contributed by atoms with Gasteiger partial charge in [-0.3, -0.25) is 9.69 Å². The van der Waals surface area contributed by atoms with Gasteiger partial charge in [0.1, 0.15) is 5.60 Å². The number of carbonyl (C=O) groups excluding carboxylic acids is 2. The molecule has 0 saturated carbocycles. The van der Waals surface area contributed by atoms with E-state index in [1.165, 1.54) is 0 Å². The normalized spacial score (nSPS) is 27.8. The molecule has 0 N–H and O–H groups in total. The Morgan fingerprint density at radius 3 is 2.58 bits per heavy atom. The van der Waals surface area contributed by atoms with Gasteiger partial charge >= 0.3 is 6.09 Å². The zero-order chi connectivity index (χ0) is 17.3. The van der Waals surface area contributed by atoms with Crippen LogP contribution in [0, 0.1) is 0 Å². The van der Waals surface area contributed by atoms with Crippen LogP contribution in [0.2, 0.25) is 0 Å². The molecule has 3 aliphatic heterocycles. The summed E-state index contributed by atoms with van der Waals surface area (Å²) < 4.78 is 11.3. The van der Waals surface area contributed by atoms with E-state index in [2.05, 4.69) is 18.7 Å². The van der Waals surface area contributed by atoms with Crippen LogP contribution in [0.5, 0.6) is 0 Å². The first kappa shape index (κ1) is 17.5. The van der Waals surface area contributed by atoms with Crippen LogP contribution in [-0.4, -0.2) is 90.8 Å². The summed E-state index contributed by atoms with van der Waals surface area (Å²) >= 11 is 0. The van der Waals surface area contributed by atoms with E-state index in [1.807, 2.05) is 4.90 Å². The fourth-order valence-electron chi connectivity index (χ4n) is 3.87. The lowest BCUT2D eigenvalue weighted by atomic mass is 9.91. The number of likely N-dealkylation sites (tertiary alicyclic amines) is 1. The third kappa shape index (κ3) is 3.67. The monoisotopic (exact) mass is 339 g/mol. The molecule has 3 fully saturated rings. The molecule has 0 unspecified atom stereocenters. The Kier molecular flexibility index (Phi) is 5.01. The van der Waals surface area contributed by atoms with Gasteiger partial charge in [-0.25, -0.2) is 4.79 Å². The maximum atomic E-state index is 12.6. The van der Waals surface area contributed by atoms with E-state index in [0.29, 0.717) is 38.7 Å². The topological polar surface area (TPSA) is 62.3 Å². The maximum Gasteiger partial charge on any atom is 0.410 e. The van der Waals surface area contributed by atoms with Crippen molar-refractivity contribution in [3.05, 3.63) is 0 Å². The third-order valence-electron chi connectivity index (χ3n) is 5.47. The molecular weight excluding hydrogens is 310 g/mol. The minimum atomic E-state index is -0.390. The maximum absolute atomic E-state index is 12.6. The minimum absolute atomic E-state index is 0.0139. The van der Waals surface area contributed by atoms with Crippen molar-refractivity contribution in [2.75, 3.05) is 46.4 Å². The molecule has 0 aromatic heterocycles. The number of rotatable bonds is 3. The van der Waals surface area contributed by atoms with Gasteiger partial charge in [0.05, 0.1) is 25.7 Å².